The first-order valence-corrected chi connectivity index (χ1v) is 11.2. The number of halogens is 3. The molecule has 0 aromatic carbocycles. The molecule has 6 heteroatoms. The van der Waals surface area contributed by atoms with Gasteiger partial charge in [-0.25, -0.2) is 0 Å². The van der Waals surface area contributed by atoms with E-state index in [0.29, 0.717) is 44.1 Å². The van der Waals surface area contributed by atoms with Crippen LogP contribution in [0.15, 0.2) is 12.7 Å². The molecule has 0 aromatic heterocycles. The highest BCUT2D eigenvalue weighted by Crippen LogP contribution is 2.42. The van der Waals surface area contributed by atoms with Gasteiger partial charge in [0.1, 0.15) is 0 Å². The van der Waals surface area contributed by atoms with Crippen molar-refractivity contribution in [2.75, 3.05) is 33.0 Å². The van der Waals surface area contributed by atoms with Crippen molar-refractivity contribution < 1.29 is 19.3 Å². The predicted octanol–water partition coefficient (Wildman–Crippen LogP) is 5.23. The van der Waals surface area contributed by atoms with Crippen LogP contribution in [0.2, 0.25) is 0 Å². The molecule has 164 valence electrons. The van der Waals surface area contributed by atoms with Crippen LogP contribution in [0.4, 0.5) is 13.2 Å². The average Bonchev–Trinajstić information content (AvgIpc) is 2.67. The van der Waals surface area contributed by atoms with Gasteiger partial charge in [0, 0.05) is 27.1 Å². The Kier molecular flexibility index (Phi) is 8.24. The maximum absolute atomic E-state index is 13.2. The molecular formula is C22H39F3N2O. The summed E-state index contributed by atoms with van der Waals surface area (Å²) >= 11 is 0. The fourth-order valence-electron chi connectivity index (χ4n) is 5.83. The van der Waals surface area contributed by atoms with Crippen molar-refractivity contribution in [1.82, 2.24) is 10.2 Å². The molecular weight excluding hydrogens is 365 g/mol. The second-order valence-corrected chi connectivity index (χ2v) is 9.20. The number of ether oxygens (including phenoxy) is 1. The lowest BCUT2D eigenvalue weighted by Crippen LogP contribution is -2.53. The maximum atomic E-state index is 13.2. The van der Waals surface area contributed by atoms with Crippen molar-refractivity contribution in [3.63, 3.8) is 0 Å². The number of alkyl halides is 3. The predicted molar refractivity (Wildman–Crippen MR) is 108 cm³/mol. The van der Waals surface area contributed by atoms with E-state index in [1.807, 2.05) is 0 Å². The van der Waals surface area contributed by atoms with Gasteiger partial charge < -0.3 is 4.74 Å². The van der Waals surface area contributed by atoms with E-state index in [4.69, 9.17) is 4.74 Å². The topological polar surface area (TPSA) is 24.5 Å². The summed E-state index contributed by atoms with van der Waals surface area (Å²) in [5.41, 5.74) is 0. The minimum atomic E-state index is -4.02. The molecule has 1 aliphatic heterocycles. The van der Waals surface area contributed by atoms with Gasteiger partial charge in [-0.05, 0) is 56.3 Å². The first-order valence-electron chi connectivity index (χ1n) is 11.2. The number of hydrogen-bond acceptors (Lipinski definition) is 3. The third kappa shape index (κ3) is 6.20. The van der Waals surface area contributed by atoms with Crippen LogP contribution in [-0.4, -0.2) is 50.1 Å². The van der Waals surface area contributed by atoms with Crippen LogP contribution >= 0.6 is 0 Å². The zero-order valence-electron chi connectivity index (χ0n) is 17.1. The smallest absolute Gasteiger partial charge is 0.362 e. The van der Waals surface area contributed by atoms with Gasteiger partial charge in [-0.1, -0.05) is 25.3 Å². The van der Waals surface area contributed by atoms with Crippen molar-refractivity contribution in [3.8, 4) is 0 Å². The van der Waals surface area contributed by atoms with E-state index >= 15 is 0 Å². The van der Waals surface area contributed by atoms with Crippen molar-refractivity contribution in [1.29, 1.82) is 0 Å². The molecule has 3 rings (SSSR count). The molecule has 1 saturated heterocycles. The van der Waals surface area contributed by atoms with Gasteiger partial charge in [-0.2, -0.15) is 13.2 Å². The SMILES string of the molecule is C=CCOCNCC1CC2CCCCC2N(CC2CCCC(C(F)(F)F)C2)C1.[HH]. The summed E-state index contributed by atoms with van der Waals surface area (Å²) in [6.07, 6.45) is 6.37. The van der Waals surface area contributed by atoms with Crippen LogP contribution in [0.1, 0.15) is 59.2 Å². The Morgan fingerprint density at radius 2 is 1.89 bits per heavy atom. The Morgan fingerprint density at radius 1 is 1.07 bits per heavy atom. The highest BCUT2D eigenvalue weighted by Gasteiger charge is 2.44. The van der Waals surface area contributed by atoms with E-state index in [2.05, 4.69) is 16.8 Å². The second kappa shape index (κ2) is 10.4. The number of piperidine rings is 1. The standard InChI is InChI=1S/C22H37F3N2O.H2/c1-2-10-28-16-26-13-18-11-19-7-3-4-9-21(19)27(15-18)14-17-6-5-8-20(12-17)22(23,24)25;/h2,17-21,26H,1,3-16H2;1H. The van der Waals surface area contributed by atoms with Crippen molar-refractivity contribution in [2.24, 2.45) is 23.7 Å². The van der Waals surface area contributed by atoms with Crippen molar-refractivity contribution in [2.45, 2.75) is 70.0 Å². The van der Waals surface area contributed by atoms with E-state index in [0.717, 1.165) is 32.5 Å². The van der Waals surface area contributed by atoms with Crippen molar-refractivity contribution in [3.05, 3.63) is 12.7 Å². The summed E-state index contributed by atoms with van der Waals surface area (Å²) < 4.78 is 45.1. The van der Waals surface area contributed by atoms with Crippen molar-refractivity contribution >= 4 is 0 Å². The van der Waals surface area contributed by atoms with Crippen LogP contribution in [-0.2, 0) is 4.74 Å². The Bertz CT molecular complexity index is 491. The monoisotopic (exact) mass is 404 g/mol. The van der Waals surface area contributed by atoms with E-state index in [1.165, 1.54) is 32.1 Å². The summed E-state index contributed by atoms with van der Waals surface area (Å²) in [6.45, 7) is 7.53. The largest absolute Gasteiger partial charge is 0.391 e. The van der Waals surface area contributed by atoms with Crippen LogP contribution in [0.3, 0.4) is 0 Å². The van der Waals surface area contributed by atoms with Crippen LogP contribution < -0.4 is 5.32 Å². The van der Waals surface area contributed by atoms with Gasteiger partial charge in [-0.3, -0.25) is 10.2 Å². The Morgan fingerprint density at radius 3 is 2.68 bits per heavy atom. The number of fused-ring (bicyclic) bond motifs is 1. The molecule has 1 N–H and O–H groups in total. The molecule has 3 fully saturated rings. The van der Waals surface area contributed by atoms with Crippen LogP contribution in [0.5, 0.6) is 0 Å². The van der Waals surface area contributed by atoms with Gasteiger partial charge in [0.25, 0.3) is 0 Å². The van der Waals surface area contributed by atoms with E-state index in [-0.39, 0.29) is 7.34 Å². The fraction of sp³-hybridized carbons (Fsp3) is 0.909. The lowest BCUT2D eigenvalue weighted by Gasteiger charge is -2.49. The summed E-state index contributed by atoms with van der Waals surface area (Å²) in [5.74, 6) is 0.391. The molecule has 3 nitrogen and oxygen atoms in total. The van der Waals surface area contributed by atoms with Gasteiger partial charge in [-0.15, -0.1) is 6.58 Å². The third-order valence-corrected chi connectivity index (χ3v) is 7.08. The second-order valence-electron chi connectivity index (χ2n) is 9.20. The molecule has 0 bridgehead atoms. The summed E-state index contributed by atoms with van der Waals surface area (Å²) in [5, 5.41) is 3.39. The highest BCUT2D eigenvalue weighted by molar-refractivity contribution is 4.92. The van der Waals surface area contributed by atoms with Gasteiger partial charge >= 0.3 is 6.18 Å². The quantitative estimate of drug-likeness (QED) is 0.340. The Labute approximate surface area is 169 Å². The average molecular weight is 405 g/mol. The number of nitrogens with zero attached hydrogens (tertiary/aromatic N) is 1. The Hall–Kier alpha value is -0.590. The molecule has 2 saturated carbocycles. The van der Waals surface area contributed by atoms with Crippen LogP contribution in [0.25, 0.3) is 0 Å². The molecule has 5 unspecified atom stereocenters. The van der Waals surface area contributed by atoms with Crippen LogP contribution in [0, 0.1) is 23.7 Å². The lowest BCUT2D eigenvalue weighted by molar-refractivity contribution is -0.186. The first-order chi connectivity index (χ1) is 13.5. The highest BCUT2D eigenvalue weighted by atomic mass is 19.4. The van der Waals surface area contributed by atoms with E-state index in [1.54, 1.807) is 6.08 Å². The number of nitrogens with one attached hydrogen (secondary N) is 1. The molecule has 1 heterocycles. The molecule has 0 amide bonds. The molecule has 2 aliphatic carbocycles. The fourth-order valence-corrected chi connectivity index (χ4v) is 5.83. The van der Waals surface area contributed by atoms with Gasteiger partial charge in [0.2, 0.25) is 0 Å². The molecule has 0 spiro atoms. The molecule has 3 aliphatic rings. The molecule has 0 aromatic rings. The summed E-state index contributed by atoms with van der Waals surface area (Å²) in [4.78, 5) is 2.58. The maximum Gasteiger partial charge on any atom is 0.391 e. The number of rotatable bonds is 8. The normalized spacial score (nSPS) is 34.8. The molecule has 5 atom stereocenters. The third-order valence-electron chi connectivity index (χ3n) is 7.08. The summed E-state index contributed by atoms with van der Waals surface area (Å²) in [7, 11) is 0. The summed E-state index contributed by atoms with van der Waals surface area (Å²) in [6, 6.07) is 0.591. The Balaban J connectivity index is 0.00000300. The number of hydrogen-bond donors (Lipinski definition) is 1. The minimum Gasteiger partial charge on any atom is -0.362 e. The molecule has 28 heavy (non-hydrogen) atoms. The van der Waals surface area contributed by atoms with Gasteiger partial charge in [0.05, 0.1) is 19.3 Å². The van der Waals surface area contributed by atoms with Gasteiger partial charge in [0.15, 0.2) is 0 Å². The molecule has 0 radical (unpaired) electrons. The number of likely N-dealkylation sites (tertiary alicyclic amines) is 1. The first kappa shape index (κ1) is 22.1. The minimum absolute atomic E-state index is 0. The lowest BCUT2D eigenvalue weighted by atomic mass is 9.73. The van der Waals surface area contributed by atoms with E-state index in [9.17, 15) is 13.2 Å². The zero-order valence-corrected chi connectivity index (χ0v) is 17.1. The van der Waals surface area contributed by atoms with E-state index < -0.39 is 12.1 Å². The zero-order chi connectivity index (χ0) is 20.0.